The molecule has 1 aromatic rings. The standard InChI is InChI=1S/C14H16FN3O/c1-3-17-18-6-4-11(5-7-18)19-14-9-12(15)13(16)8-10(14)2/h3-6,8-9H,7,16H2,1-2H3/b17-3-. The van der Waals surface area contributed by atoms with E-state index < -0.39 is 5.82 Å². The zero-order valence-electron chi connectivity index (χ0n) is 10.9. The number of benzene rings is 1. The van der Waals surface area contributed by atoms with E-state index in [2.05, 4.69) is 5.10 Å². The molecular weight excluding hydrogens is 245 g/mol. The van der Waals surface area contributed by atoms with Gasteiger partial charge in [0.25, 0.3) is 0 Å². The molecule has 0 spiro atoms. The number of nitrogens with zero attached hydrogens (tertiary/aromatic N) is 2. The number of anilines is 1. The van der Waals surface area contributed by atoms with Crippen LogP contribution in [0.25, 0.3) is 0 Å². The van der Waals surface area contributed by atoms with Crippen LogP contribution in [0.1, 0.15) is 12.5 Å². The van der Waals surface area contributed by atoms with Crippen LogP contribution in [-0.4, -0.2) is 17.8 Å². The summed E-state index contributed by atoms with van der Waals surface area (Å²) in [4.78, 5) is 0. The molecule has 0 unspecified atom stereocenters. The van der Waals surface area contributed by atoms with Crippen molar-refractivity contribution in [2.24, 2.45) is 5.10 Å². The average Bonchev–Trinajstić information content (AvgIpc) is 2.38. The molecular formula is C14H16FN3O. The highest BCUT2D eigenvalue weighted by molar-refractivity contribution is 5.53. The van der Waals surface area contributed by atoms with Gasteiger partial charge >= 0.3 is 0 Å². The average molecular weight is 261 g/mol. The molecule has 1 aliphatic heterocycles. The van der Waals surface area contributed by atoms with E-state index in [9.17, 15) is 4.39 Å². The predicted molar refractivity (Wildman–Crippen MR) is 74.3 cm³/mol. The zero-order chi connectivity index (χ0) is 13.8. The highest BCUT2D eigenvalue weighted by Crippen LogP contribution is 2.26. The summed E-state index contributed by atoms with van der Waals surface area (Å²) in [6.45, 7) is 4.29. The number of nitrogen functional groups attached to an aromatic ring is 1. The molecule has 100 valence electrons. The van der Waals surface area contributed by atoms with Crippen LogP contribution in [0.15, 0.2) is 41.3 Å². The summed E-state index contributed by atoms with van der Waals surface area (Å²) in [6, 6.07) is 2.86. The fraction of sp³-hybridized carbons (Fsp3) is 0.214. The van der Waals surface area contributed by atoms with Crippen LogP contribution >= 0.6 is 0 Å². The van der Waals surface area contributed by atoms with Crippen molar-refractivity contribution in [1.82, 2.24) is 5.01 Å². The summed E-state index contributed by atoms with van der Waals surface area (Å²) in [6.07, 6.45) is 7.17. The Morgan fingerprint density at radius 3 is 2.89 bits per heavy atom. The first-order valence-corrected chi connectivity index (χ1v) is 5.97. The van der Waals surface area contributed by atoms with Gasteiger partial charge in [0.2, 0.25) is 0 Å². The van der Waals surface area contributed by atoms with E-state index in [0.29, 0.717) is 18.1 Å². The van der Waals surface area contributed by atoms with Crippen LogP contribution in [0.4, 0.5) is 10.1 Å². The maximum atomic E-state index is 13.4. The number of rotatable bonds is 3. The Hall–Kier alpha value is -2.30. The molecule has 0 amide bonds. The van der Waals surface area contributed by atoms with Crippen molar-refractivity contribution >= 4 is 11.9 Å². The minimum Gasteiger partial charge on any atom is -0.457 e. The molecule has 0 saturated heterocycles. The minimum absolute atomic E-state index is 0.126. The lowest BCUT2D eigenvalue weighted by Crippen LogP contribution is -2.14. The smallest absolute Gasteiger partial charge is 0.149 e. The third-order valence-electron chi connectivity index (χ3n) is 2.68. The lowest BCUT2D eigenvalue weighted by atomic mass is 10.2. The molecule has 19 heavy (non-hydrogen) atoms. The van der Waals surface area contributed by atoms with Crippen molar-refractivity contribution in [3.8, 4) is 5.75 Å². The highest BCUT2D eigenvalue weighted by atomic mass is 19.1. The van der Waals surface area contributed by atoms with Gasteiger partial charge in [-0.05, 0) is 37.6 Å². The molecule has 0 saturated carbocycles. The molecule has 2 N–H and O–H groups in total. The van der Waals surface area contributed by atoms with E-state index in [-0.39, 0.29) is 5.69 Å². The molecule has 0 bridgehead atoms. The Kier molecular flexibility index (Phi) is 3.85. The van der Waals surface area contributed by atoms with Crippen molar-refractivity contribution in [1.29, 1.82) is 0 Å². The largest absolute Gasteiger partial charge is 0.457 e. The van der Waals surface area contributed by atoms with Gasteiger partial charge in [-0.1, -0.05) is 0 Å². The molecule has 1 aromatic carbocycles. The minimum atomic E-state index is -0.474. The normalized spacial score (nSPS) is 14.9. The van der Waals surface area contributed by atoms with Crippen LogP contribution in [0.2, 0.25) is 0 Å². The monoisotopic (exact) mass is 261 g/mol. The third kappa shape index (κ3) is 3.13. The summed E-state index contributed by atoms with van der Waals surface area (Å²) in [5.41, 5.74) is 6.41. The number of hydrogen-bond acceptors (Lipinski definition) is 4. The van der Waals surface area contributed by atoms with E-state index in [1.165, 1.54) is 6.07 Å². The topological polar surface area (TPSA) is 50.8 Å². The van der Waals surface area contributed by atoms with Gasteiger partial charge in [-0.25, -0.2) is 4.39 Å². The van der Waals surface area contributed by atoms with E-state index in [4.69, 9.17) is 10.5 Å². The lowest BCUT2D eigenvalue weighted by Gasteiger charge is -2.18. The van der Waals surface area contributed by atoms with Gasteiger partial charge in [-0.15, -0.1) is 0 Å². The number of ether oxygens (including phenoxy) is 1. The first-order chi connectivity index (χ1) is 9.10. The Bertz CT molecular complexity index is 564. The Balaban J connectivity index is 2.11. The molecule has 0 fully saturated rings. The molecule has 1 aliphatic rings. The molecule has 0 radical (unpaired) electrons. The fourth-order valence-electron chi connectivity index (χ4n) is 1.70. The lowest BCUT2D eigenvalue weighted by molar-refractivity contribution is 0.392. The van der Waals surface area contributed by atoms with Crippen molar-refractivity contribution in [2.75, 3.05) is 12.3 Å². The zero-order valence-corrected chi connectivity index (χ0v) is 10.9. The first kappa shape index (κ1) is 13.1. The van der Waals surface area contributed by atoms with Crippen LogP contribution in [0.5, 0.6) is 5.75 Å². The molecule has 2 rings (SSSR count). The number of allylic oxidation sites excluding steroid dienone is 1. The van der Waals surface area contributed by atoms with E-state index in [1.54, 1.807) is 29.6 Å². The SMILES string of the molecule is C/C=N\N1C=CC(Oc2cc(F)c(N)cc2C)=CC1. The summed E-state index contributed by atoms with van der Waals surface area (Å²) in [5, 5.41) is 5.88. The molecule has 5 heteroatoms. The third-order valence-corrected chi connectivity index (χ3v) is 2.68. The predicted octanol–water partition coefficient (Wildman–Crippen LogP) is 2.81. The maximum absolute atomic E-state index is 13.4. The summed E-state index contributed by atoms with van der Waals surface area (Å²) in [5.74, 6) is 0.656. The molecule has 4 nitrogen and oxygen atoms in total. The van der Waals surface area contributed by atoms with E-state index in [1.807, 2.05) is 19.9 Å². The quantitative estimate of drug-likeness (QED) is 0.672. The summed E-state index contributed by atoms with van der Waals surface area (Å²) >= 11 is 0. The number of hydrazone groups is 1. The summed E-state index contributed by atoms with van der Waals surface area (Å²) in [7, 11) is 0. The second-order valence-corrected chi connectivity index (χ2v) is 4.16. The molecule has 0 aromatic heterocycles. The first-order valence-electron chi connectivity index (χ1n) is 5.97. The second-order valence-electron chi connectivity index (χ2n) is 4.16. The van der Waals surface area contributed by atoms with Gasteiger partial charge in [0.05, 0.1) is 12.2 Å². The van der Waals surface area contributed by atoms with Crippen LogP contribution in [0, 0.1) is 12.7 Å². The number of aryl methyl sites for hydroxylation is 1. The molecule has 1 heterocycles. The Morgan fingerprint density at radius 2 is 2.26 bits per heavy atom. The van der Waals surface area contributed by atoms with Gasteiger partial charge in [0, 0.05) is 18.5 Å². The number of hydrogen-bond donors (Lipinski definition) is 1. The van der Waals surface area contributed by atoms with Crippen molar-refractivity contribution < 1.29 is 9.13 Å². The van der Waals surface area contributed by atoms with Gasteiger partial charge in [0.1, 0.15) is 17.3 Å². The van der Waals surface area contributed by atoms with Crippen molar-refractivity contribution in [2.45, 2.75) is 13.8 Å². The second kappa shape index (κ2) is 5.56. The Morgan fingerprint density at radius 1 is 1.47 bits per heavy atom. The van der Waals surface area contributed by atoms with Crippen LogP contribution in [0.3, 0.4) is 0 Å². The number of nitrogens with two attached hydrogens (primary N) is 1. The van der Waals surface area contributed by atoms with Crippen LogP contribution < -0.4 is 10.5 Å². The van der Waals surface area contributed by atoms with Crippen molar-refractivity contribution in [3.05, 3.63) is 47.6 Å². The highest BCUT2D eigenvalue weighted by Gasteiger charge is 2.09. The van der Waals surface area contributed by atoms with E-state index in [0.717, 1.165) is 5.56 Å². The summed E-state index contributed by atoms with van der Waals surface area (Å²) < 4.78 is 19.1. The molecule has 0 atom stereocenters. The maximum Gasteiger partial charge on any atom is 0.149 e. The van der Waals surface area contributed by atoms with Crippen LogP contribution in [-0.2, 0) is 0 Å². The van der Waals surface area contributed by atoms with Gasteiger partial charge < -0.3 is 10.5 Å². The molecule has 0 aliphatic carbocycles. The number of halogens is 1. The van der Waals surface area contributed by atoms with E-state index >= 15 is 0 Å². The fourth-order valence-corrected chi connectivity index (χ4v) is 1.70. The van der Waals surface area contributed by atoms with Gasteiger partial charge in [-0.3, -0.25) is 5.01 Å². The Labute approximate surface area is 111 Å². The van der Waals surface area contributed by atoms with Crippen molar-refractivity contribution in [3.63, 3.8) is 0 Å². The van der Waals surface area contributed by atoms with Gasteiger partial charge in [-0.2, -0.15) is 5.10 Å². The van der Waals surface area contributed by atoms with Gasteiger partial charge in [0.15, 0.2) is 0 Å².